The molecule has 5 heteroatoms. The molecule has 0 saturated carbocycles. The highest BCUT2D eigenvalue weighted by molar-refractivity contribution is 8.14. The Morgan fingerprint density at radius 2 is 2.07 bits per heavy atom. The molecule has 0 saturated heterocycles. The summed E-state index contributed by atoms with van der Waals surface area (Å²) in [6.07, 6.45) is 0. The second kappa shape index (κ2) is 3.57. The zero-order valence-electron chi connectivity index (χ0n) is 7.13. The highest BCUT2D eigenvalue weighted by atomic mass is 32.2. The number of hydrogen-bond acceptors (Lipinski definition) is 3. The molecule has 0 aliphatic carbocycles. The van der Waals surface area contributed by atoms with Gasteiger partial charge in [0, 0.05) is 17.9 Å². The molecule has 0 atom stereocenters. The molecule has 0 radical (unpaired) electrons. The fourth-order valence-electron chi connectivity index (χ4n) is 1.20. The average molecular weight is 215 g/mol. The molecular formula is C9H7F2NOS. The molecule has 2 nitrogen and oxygen atoms in total. The number of halogens is 2. The van der Waals surface area contributed by atoms with Crippen molar-refractivity contribution >= 4 is 16.8 Å². The molecule has 14 heavy (non-hydrogen) atoms. The number of hydrogen-bond donors (Lipinski definition) is 1. The van der Waals surface area contributed by atoms with Crippen LogP contribution in [0.4, 0.5) is 8.78 Å². The van der Waals surface area contributed by atoms with Crippen LogP contribution in [-0.2, 0) is 0 Å². The van der Waals surface area contributed by atoms with Crippen LogP contribution in [-0.4, -0.2) is 22.4 Å². The van der Waals surface area contributed by atoms with E-state index in [1.807, 2.05) is 0 Å². The van der Waals surface area contributed by atoms with E-state index in [0.29, 0.717) is 11.6 Å². The van der Waals surface area contributed by atoms with Crippen LogP contribution in [0.5, 0.6) is 5.75 Å². The minimum Gasteiger partial charge on any atom is -0.505 e. The predicted molar refractivity (Wildman–Crippen MR) is 51.9 cm³/mol. The summed E-state index contributed by atoms with van der Waals surface area (Å²) >= 11 is 1.39. The highest BCUT2D eigenvalue weighted by Gasteiger charge is 2.18. The first-order valence-electron chi connectivity index (χ1n) is 4.04. The topological polar surface area (TPSA) is 32.6 Å². The number of phenolic OH excluding ortho intramolecular Hbond substituents is 1. The first-order chi connectivity index (χ1) is 6.70. The third-order valence-corrected chi connectivity index (χ3v) is 2.89. The monoisotopic (exact) mass is 215 g/mol. The molecule has 2 rings (SSSR count). The van der Waals surface area contributed by atoms with Crippen LogP contribution in [0, 0.1) is 11.6 Å². The van der Waals surface area contributed by atoms with Crippen molar-refractivity contribution in [2.45, 2.75) is 0 Å². The fraction of sp³-hybridized carbons (Fsp3) is 0.222. The predicted octanol–water partition coefficient (Wildman–Crippen LogP) is 2.16. The molecule has 74 valence electrons. The molecule has 1 aliphatic heterocycles. The van der Waals surface area contributed by atoms with Crippen molar-refractivity contribution in [2.24, 2.45) is 4.99 Å². The lowest BCUT2D eigenvalue weighted by molar-refractivity contribution is 0.406. The molecule has 0 spiro atoms. The van der Waals surface area contributed by atoms with E-state index in [1.54, 1.807) is 0 Å². The van der Waals surface area contributed by atoms with Crippen molar-refractivity contribution in [3.05, 3.63) is 29.3 Å². The highest BCUT2D eigenvalue weighted by Crippen LogP contribution is 2.26. The number of phenols is 1. The Morgan fingerprint density at radius 3 is 2.71 bits per heavy atom. The zero-order chi connectivity index (χ0) is 10.1. The van der Waals surface area contributed by atoms with Gasteiger partial charge in [-0.25, -0.2) is 4.39 Å². The minimum atomic E-state index is -1.21. The molecule has 0 unspecified atom stereocenters. The second-order valence-corrected chi connectivity index (χ2v) is 3.88. The van der Waals surface area contributed by atoms with Crippen molar-refractivity contribution in [2.75, 3.05) is 12.3 Å². The molecule has 0 amide bonds. The third-order valence-electron chi connectivity index (χ3n) is 1.88. The van der Waals surface area contributed by atoms with Gasteiger partial charge in [0.05, 0.1) is 0 Å². The van der Waals surface area contributed by atoms with E-state index in [4.69, 9.17) is 5.11 Å². The van der Waals surface area contributed by atoms with Crippen LogP contribution < -0.4 is 0 Å². The van der Waals surface area contributed by atoms with Gasteiger partial charge < -0.3 is 5.11 Å². The summed E-state index contributed by atoms with van der Waals surface area (Å²) in [7, 11) is 0. The second-order valence-electron chi connectivity index (χ2n) is 2.80. The number of aromatic hydroxyl groups is 1. The van der Waals surface area contributed by atoms with Gasteiger partial charge >= 0.3 is 0 Å². The largest absolute Gasteiger partial charge is 0.505 e. The van der Waals surface area contributed by atoms with Gasteiger partial charge in [-0.15, -0.1) is 11.8 Å². The quantitative estimate of drug-likeness (QED) is 0.778. The molecule has 0 aromatic heterocycles. The lowest BCUT2D eigenvalue weighted by Crippen LogP contribution is -1.99. The summed E-state index contributed by atoms with van der Waals surface area (Å²) < 4.78 is 26.2. The van der Waals surface area contributed by atoms with Gasteiger partial charge in [0.15, 0.2) is 11.6 Å². The van der Waals surface area contributed by atoms with Crippen molar-refractivity contribution < 1.29 is 13.9 Å². The minimum absolute atomic E-state index is 0.128. The van der Waals surface area contributed by atoms with Crippen molar-refractivity contribution in [3.8, 4) is 5.75 Å². The van der Waals surface area contributed by atoms with Gasteiger partial charge in [-0.3, -0.25) is 4.99 Å². The molecule has 0 fully saturated rings. The van der Waals surface area contributed by atoms with E-state index in [0.717, 1.165) is 11.8 Å². The molecular weight excluding hydrogens is 208 g/mol. The maximum atomic E-state index is 13.3. The molecule has 1 heterocycles. The van der Waals surface area contributed by atoms with Crippen LogP contribution >= 0.6 is 11.8 Å². The molecule has 1 aromatic rings. The van der Waals surface area contributed by atoms with Crippen molar-refractivity contribution in [1.82, 2.24) is 0 Å². The Hall–Kier alpha value is -1.10. The van der Waals surface area contributed by atoms with Crippen LogP contribution in [0.1, 0.15) is 5.56 Å². The molecule has 0 bridgehead atoms. The van der Waals surface area contributed by atoms with Gasteiger partial charge in [-0.2, -0.15) is 4.39 Å². The Morgan fingerprint density at radius 1 is 1.29 bits per heavy atom. The fourth-order valence-corrected chi connectivity index (χ4v) is 2.07. The Bertz CT molecular complexity index is 406. The van der Waals surface area contributed by atoms with Gasteiger partial charge in [0.1, 0.15) is 5.04 Å². The number of thioether (sulfide) groups is 1. The number of aliphatic imine (C=N–C) groups is 1. The van der Waals surface area contributed by atoms with Crippen LogP contribution in [0.2, 0.25) is 0 Å². The van der Waals surface area contributed by atoms with E-state index >= 15 is 0 Å². The van der Waals surface area contributed by atoms with E-state index in [1.165, 1.54) is 17.8 Å². The lowest BCUT2D eigenvalue weighted by Gasteiger charge is -2.03. The van der Waals surface area contributed by atoms with E-state index < -0.39 is 17.4 Å². The van der Waals surface area contributed by atoms with E-state index in [2.05, 4.69) is 4.99 Å². The van der Waals surface area contributed by atoms with Crippen LogP contribution in [0.15, 0.2) is 17.1 Å². The zero-order valence-corrected chi connectivity index (χ0v) is 7.94. The summed E-state index contributed by atoms with van der Waals surface area (Å²) in [5.41, 5.74) is 0.128. The summed E-state index contributed by atoms with van der Waals surface area (Å²) in [6, 6.07) is 2.47. The maximum absolute atomic E-state index is 13.3. The van der Waals surface area contributed by atoms with Crippen molar-refractivity contribution in [3.63, 3.8) is 0 Å². The third kappa shape index (κ3) is 1.48. The number of benzene rings is 1. The van der Waals surface area contributed by atoms with E-state index in [-0.39, 0.29) is 5.56 Å². The SMILES string of the molecule is Oc1ccc(C2=NCCS2)c(F)c1F. The normalized spacial score (nSPS) is 15.7. The Kier molecular flexibility index (Phi) is 2.41. The molecule has 1 N–H and O–H groups in total. The molecule has 1 aliphatic rings. The number of rotatable bonds is 1. The van der Waals surface area contributed by atoms with Gasteiger partial charge in [-0.05, 0) is 12.1 Å². The van der Waals surface area contributed by atoms with Crippen LogP contribution in [0.25, 0.3) is 0 Å². The number of nitrogens with zero attached hydrogens (tertiary/aromatic N) is 1. The average Bonchev–Trinajstić information content (AvgIpc) is 2.67. The van der Waals surface area contributed by atoms with E-state index in [9.17, 15) is 8.78 Å². The first kappa shape index (κ1) is 9.45. The summed E-state index contributed by atoms with van der Waals surface area (Å²) in [5, 5.41) is 9.41. The smallest absolute Gasteiger partial charge is 0.201 e. The first-order valence-corrected chi connectivity index (χ1v) is 5.03. The van der Waals surface area contributed by atoms with Gasteiger partial charge in [0.25, 0.3) is 0 Å². The van der Waals surface area contributed by atoms with Crippen LogP contribution in [0.3, 0.4) is 0 Å². The summed E-state index contributed by atoms with van der Waals surface area (Å²) in [6.45, 7) is 0.627. The Balaban J connectivity index is 2.49. The van der Waals surface area contributed by atoms with Gasteiger partial charge in [0.2, 0.25) is 5.82 Å². The van der Waals surface area contributed by atoms with Gasteiger partial charge in [-0.1, -0.05) is 0 Å². The lowest BCUT2D eigenvalue weighted by atomic mass is 10.2. The summed E-state index contributed by atoms with van der Waals surface area (Å²) in [4.78, 5) is 4.03. The Labute approximate surface area is 83.7 Å². The maximum Gasteiger partial charge on any atom is 0.201 e. The van der Waals surface area contributed by atoms with Crippen molar-refractivity contribution in [1.29, 1.82) is 0 Å². The standard InChI is InChI=1S/C9H7F2NOS/c10-7-5(9-12-3-4-14-9)1-2-6(13)8(7)11/h1-2,13H,3-4H2. The summed E-state index contributed by atoms with van der Waals surface area (Å²) in [5.74, 6) is -2.12. The molecule has 1 aromatic carbocycles.